The normalized spacial score (nSPS) is 10.8. The van der Waals surface area contributed by atoms with Gasteiger partial charge in [-0.1, -0.05) is 11.6 Å². The zero-order valence-electron chi connectivity index (χ0n) is 13.3. The van der Waals surface area contributed by atoms with Crippen molar-refractivity contribution in [2.24, 2.45) is 5.73 Å². The molecule has 0 saturated heterocycles. The zero-order chi connectivity index (χ0) is 17.6. The van der Waals surface area contributed by atoms with Gasteiger partial charge in [0.1, 0.15) is 23.2 Å². The number of aromatic nitrogens is 4. The van der Waals surface area contributed by atoms with Gasteiger partial charge in [0, 0.05) is 12.2 Å². The first-order chi connectivity index (χ1) is 12.2. The van der Waals surface area contributed by atoms with Gasteiger partial charge in [-0.3, -0.25) is 0 Å². The monoisotopic (exact) mass is 361 g/mol. The maximum Gasteiger partial charge on any atom is 0.223 e. The van der Waals surface area contributed by atoms with E-state index in [1.165, 1.54) is 18.5 Å². The highest BCUT2D eigenvalue weighted by Crippen LogP contribution is 2.25. The van der Waals surface area contributed by atoms with Crippen LogP contribution in [0.1, 0.15) is 12.8 Å². The highest BCUT2D eigenvalue weighted by Gasteiger charge is 2.09. The van der Waals surface area contributed by atoms with Crippen LogP contribution in [0.2, 0.25) is 5.02 Å². The van der Waals surface area contributed by atoms with E-state index in [2.05, 4.69) is 30.6 Å². The van der Waals surface area contributed by atoms with Crippen molar-refractivity contribution in [3.05, 3.63) is 41.6 Å². The van der Waals surface area contributed by atoms with Gasteiger partial charge in [-0.2, -0.15) is 0 Å². The summed E-state index contributed by atoms with van der Waals surface area (Å²) in [6.07, 6.45) is 4.90. The molecule has 0 fully saturated rings. The summed E-state index contributed by atoms with van der Waals surface area (Å²) < 4.78 is 13.3. The van der Waals surface area contributed by atoms with Gasteiger partial charge in [-0.25, -0.2) is 24.3 Å². The Morgan fingerprint density at radius 3 is 2.84 bits per heavy atom. The molecule has 25 heavy (non-hydrogen) atoms. The van der Waals surface area contributed by atoms with E-state index in [-0.39, 0.29) is 5.02 Å². The molecule has 3 rings (SSSR count). The highest BCUT2D eigenvalue weighted by molar-refractivity contribution is 6.31. The van der Waals surface area contributed by atoms with E-state index in [1.54, 1.807) is 12.3 Å². The second-order valence-electron chi connectivity index (χ2n) is 5.33. The third kappa shape index (κ3) is 4.28. The van der Waals surface area contributed by atoms with Crippen LogP contribution in [-0.4, -0.2) is 33.0 Å². The molecule has 130 valence electrons. The topological polar surface area (TPSA) is 102 Å². The van der Waals surface area contributed by atoms with Gasteiger partial charge < -0.3 is 16.4 Å². The fraction of sp³-hybridized carbons (Fsp3) is 0.250. The van der Waals surface area contributed by atoms with Gasteiger partial charge >= 0.3 is 0 Å². The van der Waals surface area contributed by atoms with Crippen LogP contribution >= 0.6 is 11.6 Å². The molecular weight excluding hydrogens is 345 g/mol. The SMILES string of the molecule is NCCCCNc1ncc2ncnc(Nc3ccc(F)c(Cl)c3)c2n1. The molecular formula is C16H17ClFN7. The van der Waals surface area contributed by atoms with E-state index < -0.39 is 5.82 Å². The maximum atomic E-state index is 13.3. The van der Waals surface area contributed by atoms with Gasteiger partial charge in [-0.05, 0) is 37.6 Å². The average molecular weight is 362 g/mol. The molecule has 4 N–H and O–H groups in total. The fourth-order valence-corrected chi connectivity index (χ4v) is 2.39. The molecule has 0 spiro atoms. The molecule has 9 heteroatoms. The number of nitrogens with zero attached hydrogens (tertiary/aromatic N) is 4. The number of unbranched alkanes of at least 4 members (excludes halogenated alkanes) is 1. The zero-order valence-corrected chi connectivity index (χ0v) is 14.1. The molecule has 2 aromatic heterocycles. The largest absolute Gasteiger partial charge is 0.354 e. The lowest BCUT2D eigenvalue weighted by Crippen LogP contribution is -2.08. The van der Waals surface area contributed by atoms with Gasteiger partial charge in [0.2, 0.25) is 5.95 Å². The molecule has 2 heterocycles. The van der Waals surface area contributed by atoms with E-state index in [0.717, 1.165) is 19.4 Å². The van der Waals surface area contributed by atoms with Crippen LogP contribution in [0, 0.1) is 5.82 Å². The Bertz CT molecular complexity index is 874. The van der Waals surface area contributed by atoms with Crippen molar-refractivity contribution < 1.29 is 4.39 Å². The predicted molar refractivity (Wildman–Crippen MR) is 96.6 cm³/mol. The number of anilines is 3. The van der Waals surface area contributed by atoms with Crippen molar-refractivity contribution in [2.75, 3.05) is 23.7 Å². The summed E-state index contributed by atoms with van der Waals surface area (Å²) >= 11 is 5.81. The highest BCUT2D eigenvalue weighted by atomic mass is 35.5. The second kappa shape index (κ2) is 8.00. The summed E-state index contributed by atoms with van der Waals surface area (Å²) in [4.78, 5) is 17.1. The van der Waals surface area contributed by atoms with Crippen molar-refractivity contribution in [2.45, 2.75) is 12.8 Å². The minimum atomic E-state index is -0.481. The molecule has 1 aromatic carbocycles. The van der Waals surface area contributed by atoms with Crippen LogP contribution in [0.15, 0.2) is 30.7 Å². The summed E-state index contributed by atoms with van der Waals surface area (Å²) in [6.45, 7) is 1.38. The molecule has 0 bridgehead atoms. The standard InChI is InChI=1S/C16H17ClFN7/c17-11-7-10(3-4-12(11)18)24-15-14-13(22-9-23-15)8-21-16(25-14)20-6-2-1-5-19/h3-4,7-9H,1-2,5-6,19H2,(H,20,21,25)(H,22,23,24). The first kappa shape index (κ1) is 17.2. The van der Waals surface area contributed by atoms with E-state index in [0.29, 0.717) is 35.0 Å². The Balaban J connectivity index is 1.85. The maximum absolute atomic E-state index is 13.3. The minimum Gasteiger partial charge on any atom is -0.354 e. The van der Waals surface area contributed by atoms with Crippen LogP contribution in [0.5, 0.6) is 0 Å². The smallest absolute Gasteiger partial charge is 0.223 e. The van der Waals surface area contributed by atoms with E-state index in [1.807, 2.05) is 0 Å². The molecule has 0 aliphatic heterocycles. The summed E-state index contributed by atoms with van der Waals surface area (Å²) in [5.41, 5.74) is 7.23. The summed E-state index contributed by atoms with van der Waals surface area (Å²) in [5.74, 6) is 0.491. The van der Waals surface area contributed by atoms with E-state index >= 15 is 0 Å². The van der Waals surface area contributed by atoms with Gasteiger partial charge in [0.25, 0.3) is 0 Å². The molecule has 0 saturated carbocycles. The summed E-state index contributed by atoms with van der Waals surface area (Å²) in [7, 11) is 0. The van der Waals surface area contributed by atoms with Crippen molar-refractivity contribution >= 4 is 40.1 Å². The second-order valence-corrected chi connectivity index (χ2v) is 5.73. The van der Waals surface area contributed by atoms with Crippen molar-refractivity contribution in [3.8, 4) is 0 Å². The Hall–Kier alpha value is -2.58. The van der Waals surface area contributed by atoms with E-state index in [9.17, 15) is 4.39 Å². The quantitative estimate of drug-likeness (QED) is 0.556. The number of nitrogens with two attached hydrogens (primary N) is 1. The Morgan fingerprint density at radius 2 is 2.04 bits per heavy atom. The first-order valence-electron chi connectivity index (χ1n) is 7.81. The van der Waals surface area contributed by atoms with Crippen LogP contribution in [0.25, 0.3) is 11.0 Å². The predicted octanol–water partition coefficient (Wildman–Crippen LogP) is 3.11. The van der Waals surface area contributed by atoms with Crippen molar-refractivity contribution in [3.63, 3.8) is 0 Å². The van der Waals surface area contributed by atoms with E-state index in [4.69, 9.17) is 17.3 Å². The fourth-order valence-electron chi connectivity index (χ4n) is 2.21. The Kier molecular flexibility index (Phi) is 5.52. The number of nitrogens with one attached hydrogen (secondary N) is 2. The van der Waals surface area contributed by atoms with Crippen LogP contribution in [-0.2, 0) is 0 Å². The average Bonchev–Trinajstić information content (AvgIpc) is 2.62. The lowest BCUT2D eigenvalue weighted by molar-refractivity contribution is 0.628. The van der Waals surface area contributed by atoms with Gasteiger partial charge in [-0.15, -0.1) is 0 Å². The van der Waals surface area contributed by atoms with Crippen molar-refractivity contribution in [1.29, 1.82) is 0 Å². The lowest BCUT2D eigenvalue weighted by Gasteiger charge is -2.09. The molecule has 7 nitrogen and oxygen atoms in total. The summed E-state index contributed by atoms with van der Waals surface area (Å²) in [6, 6.07) is 4.34. The number of fused-ring (bicyclic) bond motifs is 1. The van der Waals surface area contributed by atoms with Gasteiger partial charge in [0.15, 0.2) is 5.82 Å². The van der Waals surface area contributed by atoms with Crippen LogP contribution < -0.4 is 16.4 Å². The number of benzene rings is 1. The molecule has 0 unspecified atom stereocenters. The third-order valence-corrected chi connectivity index (χ3v) is 3.76. The van der Waals surface area contributed by atoms with Crippen molar-refractivity contribution in [1.82, 2.24) is 19.9 Å². The minimum absolute atomic E-state index is 0.0280. The number of halogens is 2. The van der Waals surface area contributed by atoms with Gasteiger partial charge in [0.05, 0.1) is 11.2 Å². The Labute approximate surface area is 148 Å². The molecule has 3 aromatic rings. The molecule has 0 atom stereocenters. The Morgan fingerprint density at radius 1 is 1.16 bits per heavy atom. The molecule has 0 amide bonds. The number of hydrogen-bond acceptors (Lipinski definition) is 7. The molecule has 0 radical (unpaired) electrons. The van der Waals surface area contributed by atoms with Crippen LogP contribution in [0.4, 0.5) is 21.8 Å². The first-order valence-corrected chi connectivity index (χ1v) is 8.19. The summed E-state index contributed by atoms with van der Waals surface area (Å²) in [5, 5.41) is 6.26. The molecule has 0 aliphatic rings. The molecule has 0 aliphatic carbocycles. The lowest BCUT2D eigenvalue weighted by atomic mass is 10.3. The number of hydrogen-bond donors (Lipinski definition) is 3. The third-order valence-electron chi connectivity index (χ3n) is 3.47. The van der Waals surface area contributed by atoms with Crippen LogP contribution in [0.3, 0.4) is 0 Å². The number of rotatable bonds is 7.